The third-order valence-corrected chi connectivity index (χ3v) is 1.15. The zero-order chi connectivity index (χ0) is 8.43. The summed E-state index contributed by atoms with van der Waals surface area (Å²) in [6.45, 7) is -0.0792. The number of amidine groups is 1. The van der Waals surface area contributed by atoms with E-state index in [1.165, 1.54) is 0 Å². The van der Waals surface area contributed by atoms with Gasteiger partial charge < -0.3 is 11.1 Å². The molecule has 60 valence electrons. The van der Waals surface area contributed by atoms with Gasteiger partial charge in [-0.15, -0.1) is 0 Å². The molecule has 0 radical (unpaired) electrons. The lowest BCUT2D eigenvalue weighted by Gasteiger charge is -2.12. The van der Waals surface area contributed by atoms with Gasteiger partial charge in [0.2, 0.25) is 0 Å². The molecule has 11 heavy (non-hydrogen) atoms. The van der Waals surface area contributed by atoms with Gasteiger partial charge >= 0.3 is 0 Å². The number of hydrogen-bond acceptors (Lipinski definition) is 3. The number of carbonyl (C=O) groups is 2. The number of alkyl halides is 1. The lowest BCUT2D eigenvalue weighted by molar-refractivity contribution is -0.134. The fraction of sp³-hybridized carbons (Fsp3) is 0.400. The van der Waals surface area contributed by atoms with Crippen molar-refractivity contribution in [2.45, 2.75) is 6.17 Å². The van der Waals surface area contributed by atoms with E-state index in [-0.39, 0.29) is 12.4 Å². The van der Waals surface area contributed by atoms with Gasteiger partial charge in [-0.3, -0.25) is 9.59 Å². The van der Waals surface area contributed by atoms with Crippen molar-refractivity contribution in [2.24, 2.45) is 10.7 Å². The van der Waals surface area contributed by atoms with Crippen LogP contribution in [0.2, 0.25) is 0 Å². The van der Waals surface area contributed by atoms with Crippen molar-refractivity contribution in [1.82, 2.24) is 5.32 Å². The molecule has 2 amide bonds. The molecule has 1 heterocycles. The van der Waals surface area contributed by atoms with Gasteiger partial charge in [0.25, 0.3) is 18.0 Å². The summed E-state index contributed by atoms with van der Waals surface area (Å²) in [5.74, 6) is -2.08. The number of rotatable bonds is 1. The van der Waals surface area contributed by atoms with Crippen molar-refractivity contribution >= 4 is 17.6 Å². The van der Waals surface area contributed by atoms with E-state index in [4.69, 9.17) is 5.73 Å². The van der Waals surface area contributed by atoms with Crippen LogP contribution in [0.5, 0.6) is 0 Å². The van der Waals surface area contributed by atoms with Gasteiger partial charge in [0.1, 0.15) is 5.84 Å². The van der Waals surface area contributed by atoms with Crippen LogP contribution in [-0.2, 0) is 9.59 Å². The van der Waals surface area contributed by atoms with Crippen LogP contribution in [-0.4, -0.2) is 30.4 Å². The summed E-state index contributed by atoms with van der Waals surface area (Å²) < 4.78 is 12.4. The van der Waals surface area contributed by atoms with Crippen LogP contribution in [0.4, 0.5) is 4.39 Å². The monoisotopic (exact) mass is 159 g/mol. The summed E-state index contributed by atoms with van der Waals surface area (Å²) in [5.41, 5.74) is 5.05. The Kier molecular flexibility index (Phi) is 1.95. The van der Waals surface area contributed by atoms with E-state index in [1.54, 1.807) is 0 Å². The molecule has 5 nitrogen and oxygen atoms in total. The number of carbonyl (C=O) groups excluding carboxylic acids is 2. The first kappa shape index (κ1) is 7.80. The van der Waals surface area contributed by atoms with Crippen LogP contribution in [0.1, 0.15) is 0 Å². The van der Waals surface area contributed by atoms with E-state index in [1.807, 2.05) is 5.32 Å². The van der Waals surface area contributed by atoms with Crippen LogP contribution in [0.25, 0.3) is 0 Å². The summed E-state index contributed by atoms with van der Waals surface area (Å²) in [5, 5.41) is 2.04. The molecule has 0 saturated heterocycles. The highest BCUT2D eigenvalue weighted by molar-refractivity contribution is 6.18. The van der Waals surface area contributed by atoms with Crippen molar-refractivity contribution in [3.8, 4) is 0 Å². The fourth-order valence-electron chi connectivity index (χ4n) is 0.632. The first-order valence-corrected chi connectivity index (χ1v) is 2.91. The van der Waals surface area contributed by atoms with Crippen LogP contribution in [0.3, 0.4) is 0 Å². The molecular formula is C5H6FN3O2. The summed E-state index contributed by atoms with van der Waals surface area (Å²) in [4.78, 5) is 24.2. The highest BCUT2D eigenvalue weighted by Gasteiger charge is 2.30. The Morgan fingerprint density at radius 3 is 2.73 bits per heavy atom. The molecule has 0 aromatic carbocycles. The zero-order valence-corrected chi connectivity index (χ0v) is 5.50. The molecule has 0 aromatic heterocycles. The SMILES string of the molecule is NCC1=NC(=O)C(F)C(=O)N1. The lowest BCUT2D eigenvalue weighted by atomic mass is 10.3. The zero-order valence-electron chi connectivity index (χ0n) is 5.50. The van der Waals surface area contributed by atoms with Gasteiger partial charge in [0, 0.05) is 0 Å². The molecule has 0 aromatic rings. The predicted octanol–water partition coefficient (Wildman–Crippen LogP) is -1.66. The smallest absolute Gasteiger partial charge is 0.291 e. The standard InChI is InChI=1S/C5H6FN3O2/c6-3-4(10)8-2(1-7)9-5(3)11/h3H,1,7H2,(H,8,9,10,11). The quantitative estimate of drug-likeness (QED) is 0.449. The number of nitrogens with zero attached hydrogens (tertiary/aromatic N) is 1. The minimum atomic E-state index is -2.18. The largest absolute Gasteiger partial charge is 0.324 e. The van der Waals surface area contributed by atoms with E-state index < -0.39 is 18.0 Å². The van der Waals surface area contributed by atoms with Gasteiger partial charge in [0.05, 0.1) is 6.54 Å². The normalized spacial score (nSPS) is 24.5. The molecule has 1 rings (SSSR count). The minimum Gasteiger partial charge on any atom is -0.324 e. The molecule has 1 atom stereocenters. The van der Waals surface area contributed by atoms with Crippen molar-refractivity contribution in [3.63, 3.8) is 0 Å². The molecule has 1 aliphatic rings. The van der Waals surface area contributed by atoms with Crippen molar-refractivity contribution in [1.29, 1.82) is 0 Å². The fourth-order valence-corrected chi connectivity index (χ4v) is 0.632. The number of hydrogen-bond donors (Lipinski definition) is 2. The topological polar surface area (TPSA) is 84.5 Å². The predicted molar refractivity (Wildman–Crippen MR) is 34.5 cm³/mol. The lowest BCUT2D eigenvalue weighted by Crippen LogP contribution is -2.47. The summed E-state index contributed by atoms with van der Waals surface area (Å²) in [7, 11) is 0. The summed E-state index contributed by atoms with van der Waals surface area (Å²) >= 11 is 0. The molecule has 3 N–H and O–H groups in total. The highest BCUT2D eigenvalue weighted by Crippen LogP contribution is 1.99. The number of nitrogens with two attached hydrogens (primary N) is 1. The van der Waals surface area contributed by atoms with Gasteiger partial charge in [-0.25, -0.2) is 4.39 Å². The molecule has 1 unspecified atom stereocenters. The van der Waals surface area contributed by atoms with Crippen LogP contribution in [0.15, 0.2) is 4.99 Å². The number of halogens is 1. The maximum Gasteiger partial charge on any atom is 0.291 e. The number of aliphatic imine (C=N–C) groups is 1. The Labute approximate surface area is 61.5 Å². The molecule has 0 aliphatic carbocycles. The first-order chi connectivity index (χ1) is 5.15. The van der Waals surface area contributed by atoms with Gasteiger partial charge in [-0.1, -0.05) is 0 Å². The molecule has 0 fully saturated rings. The molecule has 1 aliphatic heterocycles. The maximum atomic E-state index is 12.4. The van der Waals surface area contributed by atoms with Crippen LogP contribution >= 0.6 is 0 Å². The summed E-state index contributed by atoms with van der Waals surface area (Å²) in [6, 6.07) is 0. The van der Waals surface area contributed by atoms with E-state index in [2.05, 4.69) is 4.99 Å². The third-order valence-electron chi connectivity index (χ3n) is 1.15. The van der Waals surface area contributed by atoms with E-state index in [0.29, 0.717) is 0 Å². The molecule has 0 saturated carbocycles. The average molecular weight is 159 g/mol. The average Bonchev–Trinajstić information content (AvgIpc) is 1.99. The summed E-state index contributed by atoms with van der Waals surface area (Å²) in [6.07, 6.45) is -2.18. The first-order valence-electron chi connectivity index (χ1n) is 2.91. The second-order valence-electron chi connectivity index (χ2n) is 1.95. The van der Waals surface area contributed by atoms with Crippen molar-refractivity contribution in [2.75, 3.05) is 6.54 Å². The number of nitrogens with one attached hydrogen (secondary N) is 1. The Morgan fingerprint density at radius 1 is 1.64 bits per heavy atom. The van der Waals surface area contributed by atoms with Crippen LogP contribution < -0.4 is 11.1 Å². The van der Waals surface area contributed by atoms with Gasteiger partial charge in [-0.05, 0) is 0 Å². The van der Waals surface area contributed by atoms with Gasteiger partial charge in [0.15, 0.2) is 0 Å². The Hall–Kier alpha value is -1.30. The Morgan fingerprint density at radius 2 is 2.27 bits per heavy atom. The van der Waals surface area contributed by atoms with Crippen LogP contribution in [0, 0.1) is 0 Å². The Balaban J connectivity index is 2.85. The highest BCUT2D eigenvalue weighted by atomic mass is 19.1. The number of amides is 2. The second kappa shape index (κ2) is 2.75. The molecule has 0 bridgehead atoms. The van der Waals surface area contributed by atoms with Crippen molar-refractivity contribution < 1.29 is 14.0 Å². The molecule has 6 heteroatoms. The second-order valence-corrected chi connectivity index (χ2v) is 1.95. The van der Waals surface area contributed by atoms with E-state index in [0.717, 1.165) is 0 Å². The minimum absolute atomic E-state index is 0.00824. The van der Waals surface area contributed by atoms with Gasteiger partial charge in [-0.2, -0.15) is 4.99 Å². The van der Waals surface area contributed by atoms with E-state index >= 15 is 0 Å². The van der Waals surface area contributed by atoms with E-state index in [9.17, 15) is 14.0 Å². The van der Waals surface area contributed by atoms with Crippen molar-refractivity contribution in [3.05, 3.63) is 0 Å². The maximum absolute atomic E-state index is 12.4. The molecular weight excluding hydrogens is 153 g/mol. The third kappa shape index (κ3) is 1.40. The Bertz CT molecular complexity index is 238. The molecule has 0 spiro atoms.